The van der Waals surface area contributed by atoms with Crippen molar-refractivity contribution >= 4 is 57.5 Å². The lowest BCUT2D eigenvalue weighted by Crippen LogP contribution is -2.47. The second-order valence-electron chi connectivity index (χ2n) is 18.1. The Kier molecular flexibility index (Phi) is 12.4. The molecule has 2 amide bonds. The summed E-state index contributed by atoms with van der Waals surface area (Å²) in [7, 11) is 0. The second kappa shape index (κ2) is 19.3. The Morgan fingerprint density at radius 1 is 0.611 bits per heavy atom. The number of benzene rings is 2. The molecule has 8 aromatic rings. The minimum atomic E-state index is -0.542. The van der Waals surface area contributed by atoms with Gasteiger partial charge in [-0.3, -0.25) is 18.4 Å². The Morgan fingerprint density at radius 2 is 1.06 bits per heavy atom. The molecule has 12 rings (SSSR count). The molecule has 0 spiro atoms. The van der Waals surface area contributed by atoms with Crippen molar-refractivity contribution in [1.82, 2.24) is 39.4 Å². The van der Waals surface area contributed by atoms with Gasteiger partial charge in [-0.15, -0.1) is 0 Å². The molecule has 10 heterocycles. The average molecular weight is 977 g/mol. The third-order valence-electron chi connectivity index (χ3n) is 13.4. The number of fused-ring (bicyclic) bond motifs is 4. The molecule has 18 nitrogen and oxygen atoms in total. The number of anilines is 6. The standard InChI is InChI=1S/2C26H25FN6O3/c2*1-15(34)22-14-32(8-9-36-22)17-2-5-23(28-11-17)31-20-4-3-18(19-12-30-26(35)25(19)20)21-13-29-24-10-16(27)6-7-33(21)24/h2*2-7,10-11,13,15,22,34H,8-9,12,14H2,1H3,(H,28,31)(H,30,35)/t2*15-,22+/m10/s1. The van der Waals surface area contributed by atoms with Gasteiger partial charge in [0.15, 0.2) is 0 Å². The number of morpholine rings is 2. The molecule has 0 aliphatic carbocycles. The van der Waals surface area contributed by atoms with Gasteiger partial charge >= 0.3 is 0 Å². The maximum absolute atomic E-state index is 13.6. The highest BCUT2D eigenvalue weighted by atomic mass is 19.1. The van der Waals surface area contributed by atoms with Gasteiger partial charge in [-0.1, -0.05) is 12.1 Å². The molecule has 0 radical (unpaired) electrons. The molecule has 368 valence electrons. The number of nitrogens with one attached hydrogen (secondary N) is 4. The smallest absolute Gasteiger partial charge is 0.254 e. The Balaban J connectivity index is 0.000000156. The molecule has 4 atom stereocenters. The molecule has 2 fully saturated rings. The Morgan fingerprint density at radius 3 is 1.46 bits per heavy atom. The van der Waals surface area contributed by atoms with Crippen molar-refractivity contribution in [3.05, 3.63) is 144 Å². The topological polar surface area (TPSA) is 208 Å². The summed E-state index contributed by atoms with van der Waals surface area (Å²) in [6.07, 6.45) is 8.66. The number of hydrogen-bond donors (Lipinski definition) is 6. The normalized spacial score (nSPS) is 18.2. The van der Waals surface area contributed by atoms with Crippen LogP contribution in [-0.4, -0.2) is 115 Å². The summed E-state index contributed by atoms with van der Waals surface area (Å²) in [5, 5.41) is 32.1. The summed E-state index contributed by atoms with van der Waals surface area (Å²) in [6, 6.07) is 20.8. The van der Waals surface area contributed by atoms with Crippen molar-refractivity contribution in [2.45, 2.75) is 51.4 Å². The van der Waals surface area contributed by atoms with Crippen LogP contribution in [0.2, 0.25) is 0 Å². The second-order valence-corrected chi connectivity index (χ2v) is 18.1. The van der Waals surface area contributed by atoms with Crippen LogP contribution in [-0.2, 0) is 22.6 Å². The zero-order valence-corrected chi connectivity index (χ0v) is 39.2. The van der Waals surface area contributed by atoms with E-state index >= 15 is 0 Å². The lowest BCUT2D eigenvalue weighted by molar-refractivity contribution is -0.0364. The lowest BCUT2D eigenvalue weighted by atomic mass is 9.99. The summed E-state index contributed by atoms with van der Waals surface area (Å²) in [4.78, 5) is 47.6. The van der Waals surface area contributed by atoms with E-state index in [0.29, 0.717) is 84.8 Å². The predicted molar refractivity (Wildman–Crippen MR) is 266 cm³/mol. The fraction of sp³-hybridized carbons (Fsp3) is 0.269. The van der Waals surface area contributed by atoms with Crippen LogP contribution in [0, 0.1) is 11.6 Å². The highest BCUT2D eigenvalue weighted by Gasteiger charge is 2.30. The van der Waals surface area contributed by atoms with Gasteiger partial charge in [0.25, 0.3) is 11.8 Å². The first kappa shape index (κ1) is 46.3. The van der Waals surface area contributed by atoms with Crippen LogP contribution in [0.25, 0.3) is 33.8 Å². The Bertz CT molecular complexity index is 3130. The van der Waals surface area contributed by atoms with E-state index in [1.807, 2.05) is 57.3 Å². The van der Waals surface area contributed by atoms with E-state index in [2.05, 4.69) is 51.0 Å². The van der Waals surface area contributed by atoms with Gasteiger partial charge in [-0.2, -0.15) is 0 Å². The van der Waals surface area contributed by atoms with E-state index < -0.39 is 12.2 Å². The molecule has 2 aromatic carbocycles. The molecule has 0 saturated carbocycles. The maximum Gasteiger partial charge on any atom is 0.254 e. The van der Waals surface area contributed by atoms with Crippen LogP contribution >= 0.6 is 0 Å². The first-order chi connectivity index (χ1) is 34.9. The van der Waals surface area contributed by atoms with Gasteiger partial charge in [-0.25, -0.2) is 28.7 Å². The molecule has 2 saturated heterocycles. The van der Waals surface area contributed by atoms with Crippen molar-refractivity contribution in [3.8, 4) is 22.5 Å². The maximum atomic E-state index is 13.6. The molecule has 4 aliphatic rings. The number of amides is 2. The summed E-state index contributed by atoms with van der Waals surface area (Å²) in [5.74, 6) is 0.192. The summed E-state index contributed by atoms with van der Waals surface area (Å²) < 4.78 is 42.1. The van der Waals surface area contributed by atoms with E-state index in [-0.39, 0.29) is 35.7 Å². The minimum Gasteiger partial charge on any atom is -0.391 e. The molecule has 4 aliphatic heterocycles. The van der Waals surface area contributed by atoms with Gasteiger partial charge in [0.2, 0.25) is 0 Å². The number of aromatic nitrogens is 6. The van der Waals surface area contributed by atoms with Crippen LogP contribution in [0.3, 0.4) is 0 Å². The monoisotopic (exact) mass is 976 g/mol. The molecule has 6 aromatic heterocycles. The van der Waals surface area contributed by atoms with Gasteiger partial charge in [0, 0.05) is 74.9 Å². The van der Waals surface area contributed by atoms with Gasteiger partial charge in [-0.05, 0) is 73.5 Å². The van der Waals surface area contributed by atoms with Crippen molar-refractivity contribution in [2.24, 2.45) is 0 Å². The number of aliphatic hydroxyl groups is 2. The molecular weight excluding hydrogens is 927 g/mol. The number of halogens is 2. The predicted octanol–water partition coefficient (Wildman–Crippen LogP) is 6.22. The molecular formula is C52H50F2N12O6. The summed E-state index contributed by atoms with van der Waals surface area (Å²) >= 11 is 0. The fourth-order valence-electron chi connectivity index (χ4n) is 9.67. The Hall–Kier alpha value is -8.04. The van der Waals surface area contributed by atoms with Crippen LogP contribution in [0.1, 0.15) is 45.7 Å². The van der Waals surface area contributed by atoms with E-state index in [9.17, 15) is 28.6 Å². The van der Waals surface area contributed by atoms with E-state index in [4.69, 9.17) is 9.47 Å². The molecule has 0 bridgehead atoms. The van der Waals surface area contributed by atoms with Crippen molar-refractivity contribution in [2.75, 3.05) is 59.8 Å². The van der Waals surface area contributed by atoms with Crippen molar-refractivity contribution < 1.29 is 38.1 Å². The largest absolute Gasteiger partial charge is 0.391 e. The quantitative estimate of drug-likeness (QED) is 0.0901. The number of aliphatic hydroxyl groups excluding tert-OH is 2. The highest BCUT2D eigenvalue weighted by molar-refractivity contribution is 6.07. The van der Waals surface area contributed by atoms with Crippen LogP contribution < -0.4 is 31.1 Å². The zero-order chi connectivity index (χ0) is 49.6. The van der Waals surface area contributed by atoms with Crippen LogP contribution in [0.15, 0.2) is 110 Å². The number of carbonyl (C=O) groups is 2. The first-order valence-corrected chi connectivity index (χ1v) is 23.6. The van der Waals surface area contributed by atoms with Gasteiger partial charge < -0.3 is 50.8 Å². The van der Waals surface area contributed by atoms with Gasteiger partial charge in [0.05, 0.1) is 95.5 Å². The number of rotatable bonds is 10. The third-order valence-corrected chi connectivity index (χ3v) is 13.4. The number of imidazole rings is 2. The zero-order valence-electron chi connectivity index (χ0n) is 39.2. The van der Waals surface area contributed by atoms with E-state index in [1.54, 1.807) is 51.0 Å². The molecule has 72 heavy (non-hydrogen) atoms. The third kappa shape index (κ3) is 9.00. The summed E-state index contributed by atoms with van der Waals surface area (Å²) in [6.45, 7) is 7.97. The molecule has 0 unspecified atom stereocenters. The van der Waals surface area contributed by atoms with E-state index in [1.165, 1.54) is 24.3 Å². The summed E-state index contributed by atoms with van der Waals surface area (Å²) in [5.41, 5.74) is 10.3. The molecule has 20 heteroatoms. The van der Waals surface area contributed by atoms with Gasteiger partial charge in [0.1, 0.15) is 46.8 Å². The number of carbonyl (C=O) groups excluding carboxylic acids is 2. The minimum absolute atomic E-state index is 0.164. The highest BCUT2D eigenvalue weighted by Crippen LogP contribution is 2.37. The number of hydrogen-bond acceptors (Lipinski definition) is 14. The van der Waals surface area contributed by atoms with Crippen LogP contribution in [0.4, 0.5) is 43.2 Å². The Labute approximate surface area is 411 Å². The van der Waals surface area contributed by atoms with Crippen LogP contribution in [0.5, 0.6) is 0 Å². The number of nitrogens with zero attached hydrogens (tertiary/aromatic N) is 8. The fourth-order valence-corrected chi connectivity index (χ4v) is 9.67. The first-order valence-electron chi connectivity index (χ1n) is 23.6. The SMILES string of the molecule is C[C@@H](O)[C@@H]1CN(c2ccc(Nc3ccc(-c4cnc5cc(F)ccn45)c4c3C(=O)NC4)nc2)CCO1.C[C@H](O)[C@H]1CN(c2ccc(Nc3ccc(-c4cnc5cc(F)ccn45)c4c3C(=O)NC4)nc2)CCO1. The lowest BCUT2D eigenvalue weighted by Gasteiger charge is -2.35. The van der Waals surface area contributed by atoms with E-state index in [0.717, 1.165) is 58.1 Å². The van der Waals surface area contributed by atoms with Crippen molar-refractivity contribution in [1.29, 1.82) is 0 Å². The molecule has 6 N–H and O–H groups in total. The number of pyridine rings is 4. The average Bonchev–Trinajstić information content (AvgIpc) is 4.20. The van der Waals surface area contributed by atoms with Crippen molar-refractivity contribution in [3.63, 3.8) is 0 Å². The number of ether oxygens (including phenoxy) is 2.